The number of rotatable bonds is 7. The van der Waals surface area contributed by atoms with Gasteiger partial charge in [0.2, 0.25) is 0 Å². The maximum Gasteiger partial charge on any atom is 0.0521 e. The molecule has 0 aromatic rings. The first-order chi connectivity index (χ1) is 6.15. The van der Waals surface area contributed by atoms with Crippen LogP contribution in [0.5, 0.6) is 0 Å². The molecule has 2 nitrogen and oxygen atoms in total. The summed E-state index contributed by atoms with van der Waals surface area (Å²) < 4.78 is 0. The van der Waals surface area contributed by atoms with Gasteiger partial charge in [0.1, 0.15) is 0 Å². The Labute approximate surface area is 82.3 Å². The Kier molecular flexibility index (Phi) is 6.29. The van der Waals surface area contributed by atoms with Gasteiger partial charge in [0.15, 0.2) is 0 Å². The molecule has 0 aliphatic carbocycles. The third-order valence-electron chi connectivity index (χ3n) is 2.09. The summed E-state index contributed by atoms with van der Waals surface area (Å²) in [6, 6.07) is 0.472. The zero-order chi connectivity index (χ0) is 10.3. The summed E-state index contributed by atoms with van der Waals surface area (Å²) in [6.07, 6.45) is 5.25. The average Bonchev–Trinajstić information content (AvgIpc) is 2.05. The second-order valence-electron chi connectivity index (χ2n) is 3.78. The van der Waals surface area contributed by atoms with E-state index >= 15 is 0 Å². The Bertz CT molecular complexity index is 144. The van der Waals surface area contributed by atoms with Crippen LogP contribution in [0.25, 0.3) is 0 Å². The second kappa shape index (κ2) is 6.70. The van der Waals surface area contributed by atoms with Gasteiger partial charge in [-0.25, -0.2) is 0 Å². The Morgan fingerprint density at radius 3 is 2.38 bits per heavy atom. The lowest BCUT2D eigenvalue weighted by Gasteiger charge is -2.26. The van der Waals surface area contributed by atoms with Gasteiger partial charge in [-0.15, -0.1) is 0 Å². The van der Waals surface area contributed by atoms with Gasteiger partial charge in [-0.05, 0) is 18.8 Å². The molecule has 0 radical (unpaired) electrons. The smallest absolute Gasteiger partial charge is 0.0521 e. The minimum absolute atomic E-state index is 0.472. The summed E-state index contributed by atoms with van der Waals surface area (Å²) in [4.78, 5) is 0. The van der Waals surface area contributed by atoms with Gasteiger partial charge in [-0.1, -0.05) is 33.8 Å². The normalized spacial score (nSPS) is 12.6. The molecule has 1 unspecified atom stereocenters. The van der Waals surface area contributed by atoms with Gasteiger partial charge in [0.25, 0.3) is 0 Å². The number of nitrogens with zero attached hydrogens (tertiary/aromatic N) is 2. The fourth-order valence-electron chi connectivity index (χ4n) is 1.56. The third kappa shape index (κ3) is 4.71. The van der Waals surface area contributed by atoms with Gasteiger partial charge in [0.05, 0.1) is 6.04 Å². The lowest BCUT2D eigenvalue weighted by atomic mass is 10.00. The summed E-state index contributed by atoms with van der Waals surface area (Å²) in [5.41, 5.74) is 0. The van der Waals surface area contributed by atoms with Crippen LogP contribution in [0.4, 0.5) is 0 Å². The molecule has 2 heteroatoms. The van der Waals surface area contributed by atoms with Crippen LogP contribution in [0, 0.1) is 5.92 Å². The number of hydrogen-bond acceptors (Lipinski definition) is 2. The van der Waals surface area contributed by atoms with Crippen LogP contribution < -0.4 is 0 Å². The van der Waals surface area contributed by atoms with Crippen molar-refractivity contribution in [2.24, 2.45) is 11.0 Å². The van der Waals surface area contributed by atoms with Crippen molar-refractivity contribution < 1.29 is 0 Å². The highest BCUT2D eigenvalue weighted by molar-refractivity contribution is 5.22. The topological polar surface area (TPSA) is 15.6 Å². The molecule has 0 amide bonds. The predicted octanol–water partition coefficient (Wildman–Crippen LogP) is 3.26. The fraction of sp³-hybridized carbons (Fsp3) is 0.727. The van der Waals surface area contributed by atoms with Crippen LogP contribution in [0.15, 0.2) is 17.9 Å². The Morgan fingerprint density at radius 2 is 2.08 bits per heavy atom. The number of hydrazone groups is 1. The van der Waals surface area contributed by atoms with Crippen molar-refractivity contribution in [3.63, 3.8) is 0 Å². The van der Waals surface area contributed by atoms with E-state index in [1.165, 1.54) is 6.42 Å². The summed E-state index contributed by atoms with van der Waals surface area (Å²) in [7, 11) is 0. The van der Waals surface area contributed by atoms with Crippen molar-refractivity contribution in [1.82, 2.24) is 5.01 Å². The Hall–Kier alpha value is -0.790. The first kappa shape index (κ1) is 12.2. The van der Waals surface area contributed by atoms with Crippen LogP contribution in [0.2, 0.25) is 0 Å². The average molecular weight is 182 g/mol. The van der Waals surface area contributed by atoms with Crippen molar-refractivity contribution in [2.45, 2.75) is 46.1 Å². The molecule has 0 aliphatic rings. The molecular weight excluding hydrogens is 160 g/mol. The quantitative estimate of drug-likeness (QED) is 0.436. The van der Waals surface area contributed by atoms with Crippen molar-refractivity contribution in [1.29, 1.82) is 0 Å². The first-order valence-electron chi connectivity index (χ1n) is 5.03. The van der Waals surface area contributed by atoms with E-state index in [-0.39, 0.29) is 0 Å². The van der Waals surface area contributed by atoms with Gasteiger partial charge in [0, 0.05) is 12.9 Å². The standard InChI is InChI=1S/C11H22N2/c1-6-8-11(9-10(3)4)13(7-2)12-5/h7,10-11H,2,5-6,8-9H2,1,3-4H3. The summed E-state index contributed by atoms with van der Waals surface area (Å²) in [5, 5.41) is 5.82. The molecule has 0 saturated carbocycles. The molecule has 0 aromatic carbocycles. The lowest BCUT2D eigenvalue weighted by Crippen LogP contribution is -2.27. The molecule has 0 heterocycles. The van der Waals surface area contributed by atoms with E-state index in [0.717, 1.165) is 12.8 Å². The van der Waals surface area contributed by atoms with E-state index < -0.39 is 0 Å². The van der Waals surface area contributed by atoms with Crippen LogP contribution in [-0.2, 0) is 0 Å². The van der Waals surface area contributed by atoms with Gasteiger partial charge >= 0.3 is 0 Å². The molecule has 0 rings (SSSR count). The van der Waals surface area contributed by atoms with Crippen molar-refractivity contribution in [3.8, 4) is 0 Å². The number of hydrogen-bond donors (Lipinski definition) is 0. The monoisotopic (exact) mass is 182 g/mol. The molecule has 0 saturated heterocycles. The maximum atomic E-state index is 3.94. The van der Waals surface area contributed by atoms with Crippen LogP contribution >= 0.6 is 0 Å². The third-order valence-corrected chi connectivity index (χ3v) is 2.09. The van der Waals surface area contributed by atoms with Crippen LogP contribution in [-0.4, -0.2) is 17.8 Å². The van der Waals surface area contributed by atoms with E-state index in [2.05, 4.69) is 39.2 Å². The highest BCUT2D eigenvalue weighted by Gasteiger charge is 2.14. The fourth-order valence-corrected chi connectivity index (χ4v) is 1.56. The molecule has 0 aliphatic heterocycles. The lowest BCUT2D eigenvalue weighted by molar-refractivity contribution is 0.238. The van der Waals surface area contributed by atoms with Crippen molar-refractivity contribution in [3.05, 3.63) is 12.8 Å². The van der Waals surface area contributed by atoms with Crippen LogP contribution in [0.1, 0.15) is 40.0 Å². The minimum Gasteiger partial charge on any atom is -0.271 e. The molecule has 1 atom stereocenters. The summed E-state index contributed by atoms with van der Waals surface area (Å²) in [5.74, 6) is 0.695. The van der Waals surface area contributed by atoms with Gasteiger partial charge < -0.3 is 0 Å². The highest BCUT2D eigenvalue weighted by atomic mass is 15.4. The zero-order valence-electron chi connectivity index (χ0n) is 9.16. The molecule has 13 heavy (non-hydrogen) atoms. The SMILES string of the molecule is C=CN(N=C)C(CCC)CC(C)C. The van der Waals surface area contributed by atoms with Gasteiger partial charge in [-0.3, -0.25) is 5.01 Å². The first-order valence-corrected chi connectivity index (χ1v) is 5.03. The molecule has 0 spiro atoms. The summed E-state index contributed by atoms with van der Waals surface area (Å²) in [6.45, 7) is 13.9. The van der Waals surface area contributed by atoms with E-state index in [4.69, 9.17) is 0 Å². The van der Waals surface area contributed by atoms with Gasteiger partial charge in [-0.2, -0.15) is 5.10 Å². The molecule has 0 aromatic heterocycles. The van der Waals surface area contributed by atoms with Crippen molar-refractivity contribution in [2.75, 3.05) is 0 Å². The zero-order valence-corrected chi connectivity index (χ0v) is 9.16. The van der Waals surface area contributed by atoms with E-state index in [1.807, 2.05) is 5.01 Å². The maximum absolute atomic E-state index is 3.94. The van der Waals surface area contributed by atoms with E-state index in [9.17, 15) is 0 Å². The van der Waals surface area contributed by atoms with E-state index in [0.29, 0.717) is 12.0 Å². The minimum atomic E-state index is 0.472. The molecule has 0 N–H and O–H groups in total. The Balaban J connectivity index is 4.19. The van der Waals surface area contributed by atoms with Crippen LogP contribution in [0.3, 0.4) is 0 Å². The van der Waals surface area contributed by atoms with Crippen molar-refractivity contribution >= 4 is 6.72 Å². The molecular formula is C11H22N2. The second-order valence-corrected chi connectivity index (χ2v) is 3.78. The largest absolute Gasteiger partial charge is 0.271 e. The Morgan fingerprint density at radius 1 is 1.46 bits per heavy atom. The molecule has 76 valence electrons. The van der Waals surface area contributed by atoms with E-state index in [1.54, 1.807) is 6.20 Å². The molecule has 0 fully saturated rings. The molecule has 0 bridgehead atoms. The summed E-state index contributed by atoms with van der Waals surface area (Å²) >= 11 is 0. The predicted molar refractivity (Wildman–Crippen MR) is 59.7 cm³/mol. The highest BCUT2D eigenvalue weighted by Crippen LogP contribution is 2.16.